The average molecular weight is 752 g/mol. The fraction of sp³-hybridized carbons (Fsp3) is 0.432. The third-order valence-electron chi connectivity index (χ3n) is 10.4. The lowest BCUT2D eigenvalue weighted by molar-refractivity contribution is -0.831. The van der Waals surface area contributed by atoms with Crippen molar-refractivity contribution < 1.29 is 26.7 Å². The van der Waals surface area contributed by atoms with Gasteiger partial charge in [0.2, 0.25) is 11.3 Å². The van der Waals surface area contributed by atoms with Crippen LogP contribution in [-0.4, -0.2) is 89.0 Å². The molecule has 272 valence electrons. The number of amides is 3. The highest BCUT2D eigenvalue weighted by Gasteiger charge is 2.72. The SMILES string of the molecule is CC(C)[C@@H](N)C(=O)N1CCC(C(NC(=O)C2SCC[N+]2(C2(C(N)=O)NCCS2)S(=O)(=O)c2ccc(-c3ccccc3)cc2)c2ccccc2)CC1. The number of rotatable bonds is 11. The molecule has 3 fully saturated rings. The summed E-state index contributed by atoms with van der Waals surface area (Å²) in [5.74, 6) is -0.623. The maximum Gasteiger partial charge on any atom is 0.331 e. The van der Waals surface area contributed by atoms with Crippen molar-refractivity contribution in [2.75, 3.05) is 37.7 Å². The van der Waals surface area contributed by atoms with Crippen molar-refractivity contribution in [1.29, 1.82) is 0 Å². The number of hydrogen-bond donors (Lipinski definition) is 4. The summed E-state index contributed by atoms with van der Waals surface area (Å²) in [7, 11) is -4.42. The maximum absolute atomic E-state index is 15.1. The van der Waals surface area contributed by atoms with Gasteiger partial charge >= 0.3 is 15.9 Å². The maximum atomic E-state index is 15.1. The van der Waals surface area contributed by atoms with Crippen LogP contribution in [0.2, 0.25) is 0 Å². The number of hydrogen-bond acceptors (Lipinski definition) is 9. The summed E-state index contributed by atoms with van der Waals surface area (Å²) in [6.07, 6.45) is 1.26. The van der Waals surface area contributed by atoms with Gasteiger partial charge in [0, 0.05) is 25.4 Å². The van der Waals surface area contributed by atoms with E-state index in [2.05, 4.69) is 10.6 Å². The molecule has 0 spiro atoms. The first-order valence-corrected chi connectivity index (χ1v) is 20.9. The van der Waals surface area contributed by atoms with E-state index >= 15 is 8.42 Å². The number of piperidine rings is 1. The second-order valence-corrected chi connectivity index (χ2v) is 18.3. The first kappa shape index (κ1) is 37.4. The number of likely N-dealkylation sites (tertiary alicyclic amines) is 1. The summed E-state index contributed by atoms with van der Waals surface area (Å²) < 4.78 is 29.4. The number of carbonyl (C=O) groups is 3. The molecule has 3 aliphatic heterocycles. The molecule has 51 heavy (non-hydrogen) atoms. The van der Waals surface area contributed by atoms with E-state index in [1.165, 1.54) is 11.8 Å². The molecular formula is C37H47N6O5S3+. The number of nitrogens with zero attached hydrogens (tertiary/aromatic N) is 2. The zero-order valence-corrected chi connectivity index (χ0v) is 31.4. The molecule has 0 aliphatic carbocycles. The smallest absolute Gasteiger partial charge is 0.331 e. The Kier molecular flexibility index (Phi) is 11.2. The minimum atomic E-state index is -4.42. The normalized spacial score (nSPS) is 25.4. The van der Waals surface area contributed by atoms with E-state index in [-0.39, 0.29) is 29.2 Å². The van der Waals surface area contributed by atoms with E-state index in [4.69, 9.17) is 11.5 Å². The molecule has 0 radical (unpaired) electrons. The van der Waals surface area contributed by atoms with Crippen LogP contribution in [0.4, 0.5) is 0 Å². The van der Waals surface area contributed by atoms with Crippen LogP contribution in [0.1, 0.15) is 38.3 Å². The zero-order valence-electron chi connectivity index (χ0n) is 28.9. The number of nitrogens with two attached hydrogens (primary N) is 2. The summed E-state index contributed by atoms with van der Waals surface area (Å²) >= 11 is 2.38. The summed E-state index contributed by atoms with van der Waals surface area (Å²) in [6.45, 7) is 5.22. The Balaban J connectivity index is 1.35. The van der Waals surface area contributed by atoms with Crippen molar-refractivity contribution in [2.24, 2.45) is 23.3 Å². The molecular weight excluding hydrogens is 705 g/mol. The zero-order chi connectivity index (χ0) is 36.4. The van der Waals surface area contributed by atoms with Gasteiger partial charge in [-0.2, -0.15) is 12.3 Å². The number of thioether (sulfide) groups is 2. The van der Waals surface area contributed by atoms with Crippen molar-refractivity contribution in [1.82, 2.24) is 15.5 Å². The molecule has 0 aromatic heterocycles. The molecule has 11 nitrogen and oxygen atoms in total. The molecule has 5 atom stereocenters. The van der Waals surface area contributed by atoms with Crippen molar-refractivity contribution in [3.8, 4) is 11.1 Å². The highest BCUT2D eigenvalue weighted by Crippen LogP contribution is 2.51. The highest BCUT2D eigenvalue weighted by molar-refractivity contribution is 8.03. The van der Waals surface area contributed by atoms with E-state index in [1.807, 2.05) is 74.5 Å². The number of nitrogens with one attached hydrogen (secondary N) is 2. The number of primary amides is 1. The van der Waals surface area contributed by atoms with E-state index in [0.29, 0.717) is 44.0 Å². The Morgan fingerprint density at radius 3 is 2.10 bits per heavy atom. The Hall–Kier alpha value is -3.40. The number of benzene rings is 3. The van der Waals surface area contributed by atoms with Gasteiger partial charge in [0.25, 0.3) is 10.9 Å². The van der Waals surface area contributed by atoms with Gasteiger partial charge in [0.1, 0.15) is 11.4 Å². The van der Waals surface area contributed by atoms with Crippen LogP contribution < -0.4 is 22.1 Å². The quantitative estimate of drug-likeness (QED) is 0.215. The van der Waals surface area contributed by atoms with Gasteiger partial charge in [-0.1, -0.05) is 110 Å². The predicted octanol–water partition coefficient (Wildman–Crippen LogP) is 3.49. The van der Waals surface area contributed by atoms with Crippen molar-refractivity contribution in [2.45, 2.75) is 54.0 Å². The van der Waals surface area contributed by atoms with Crippen LogP contribution in [0.15, 0.2) is 89.8 Å². The second kappa shape index (κ2) is 15.3. The average Bonchev–Trinajstić information content (AvgIpc) is 3.84. The second-order valence-electron chi connectivity index (χ2n) is 13.7. The third-order valence-corrected chi connectivity index (χ3v) is 15.9. The van der Waals surface area contributed by atoms with Gasteiger partial charge in [-0.25, -0.2) is 5.32 Å². The minimum Gasteiger partial charge on any atom is -0.362 e. The fourth-order valence-corrected chi connectivity index (χ4v) is 13.3. The summed E-state index contributed by atoms with van der Waals surface area (Å²) in [5.41, 5.74) is 15.0. The molecule has 6 rings (SSSR count). The highest BCUT2D eigenvalue weighted by atomic mass is 32.2. The summed E-state index contributed by atoms with van der Waals surface area (Å²) in [4.78, 5) is 41.4. The monoisotopic (exact) mass is 751 g/mol. The lowest BCUT2D eigenvalue weighted by atomic mass is 9.85. The number of quaternary nitrogens is 1. The van der Waals surface area contributed by atoms with Crippen LogP contribution in [-0.2, 0) is 24.4 Å². The van der Waals surface area contributed by atoms with Gasteiger partial charge < -0.3 is 21.7 Å². The Morgan fingerprint density at radius 2 is 1.53 bits per heavy atom. The Labute approximate surface area is 308 Å². The Bertz CT molecular complexity index is 1820. The molecule has 3 aliphatic rings. The Morgan fingerprint density at radius 1 is 0.922 bits per heavy atom. The van der Waals surface area contributed by atoms with E-state index in [0.717, 1.165) is 28.5 Å². The fourth-order valence-electron chi connectivity index (χ4n) is 7.54. The predicted molar refractivity (Wildman–Crippen MR) is 202 cm³/mol. The standard InChI is InChI=1S/C37H46N6O5S3/c1-25(2)31(38)34(45)42-20-17-29(18-21-42)32(28-11-7-4-8-12-28)41-33(44)35-43(22-24-49-35,37(36(39)46)40-19-23-50-37)51(47,48)30-15-13-27(14-16-30)26-9-5-3-6-10-26/h3-16,25,29,31-32,35,40H,17-24,38H2,1-2H3,(H2-,39,41,44,46)/p+1/t31-,32?,35?,37?,43?/m1/s1. The molecule has 3 aromatic carbocycles. The van der Waals surface area contributed by atoms with Crippen molar-refractivity contribution >= 4 is 51.3 Å². The molecule has 0 saturated carbocycles. The molecule has 3 amide bonds. The molecule has 3 aromatic rings. The topological polar surface area (TPSA) is 165 Å². The van der Waals surface area contributed by atoms with Gasteiger partial charge in [-0.05, 0) is 53.5 Å². The van der Waals surface area contributed by atoms with Crippen LogP contribution in [0, 0.1) is 11.8 Å². The third kappa shape index (κ3) is 6.82. The summed E-state index contributed by atoms with van der Waals surface area (Å²) in [5, 5.41) is 5.23. The minimum absolute atomic E-state index is 0.00107. The lowest BCUT2D eigenvalue weighted by Gasteiger charge is -2.47. The molecule has 3 heterocycles. The van der Waals surface area contributed by atoms with Gasteiger partial charge in [-0.3, -0.25) is 14.4 Å². The molecule has 3 saturated heterocycles. The van der Waals surface area contributed by atoms with Gasteiger partial charge in [0.05, 0.1) is 17.8 Å². The number of carbonyl (C=O) groups excluding carboxylic acids is 3. The van der Waals surface area contributed by atoms with Crippen LogP contribution >= 0.6 is 23.5 Å². The van der Waals surface area contributed by atoms with Crippen molar-refractivity contribution in [3.05, 3.63) is 90.5 Å². The molecule has 6 N–H and O–H groups in total. The first-order valence-electron chi connectivity index (χ1n) is 17.4. The van der Waals surface area contributed by atoms with Crippen molar-refractivity contribution in [3.63, 3.8) is 0 Å². The molecule has 4 unspecified atom stereocenters. The number of sulfonamides is 1. The largest absolute Gasteiger partial charge is 0.362 e. The van der Waals surface area contributed by atoms with Crippen LogP contribution in [0.3, 0.4) is 0 Å². The van der Waals surface area contributed by atoms with E-state index in [1.54, 1.807) is 29.2 Å². The summed E-state index contributed by atoms with van der Waals surface area (Å²) in [6, 6.07) is 24.8. The van der Waals surface area contributed by atoms with Crippen LogP contribution in [0.25, 0.3) is 11.1 Å². The lowest BCUT2D eigenvalue weighted by Crippen LogP contribution is -2.77. The molecule has 14 heteroatoms. The first-order chi connectivity index (χ1) is 24.4. The van der Waals surface area contributed by atoms with E-state index < -0.39 is 48.2 Å². The van der Waals surface area contributed by atoms with Gasteiger partial charge in [0.15, 0.2) is 0 Å². The molecule has 0 bridgehead atoms. The van der Waals surface area contributed by atoms with E-state index in [9.17, 15) is 14.4 Å². The van der Waals surface area contributed by atoms with Crippen LogP contribution in [0.5, 0.6) is 0 Å². The van der Waals surface area contributed by atoms with Gasteiger partial charge in [-0.15, -0.1) is 0 Å².